The van der Waals surface area contributed by atoms with E-state index in [-0.39, 0.29) is 5.92 Å². The van der Waals surface area contributed by atoms with E-state index in [2.05, 4.69) is 19.9 Å². The molecule has 0 fully saturated rings. The summed E-state index contributed by atoms with van der Waals surface area (Å²) in [6.45, 7) is 4.19. The fourth-order valence-electron chi connectivity index (χ4n) is 1.89. The van der Waals surface area contributed by atoms with Crippen molar-refractivity contribution in [3.63, 3.8) is 0 Å². The van der Waals surface area contributed by atoms with Gasteiger partial charge in [-0.05, 0) is 11.5 Å². The van der Waals surface area contributed by atoms with Gasteiger partial charge in [0.1, 0.15) is 0 Å². The number of rotatable bonds is 1. The maximum atomic E-state index is 11.5. The van der Waals surface area contributed by atoms with Crippen molar-refractivity contribution in [3.8, 4) is 0 Å². The minimum absolute atomic E-state index is 0.168. The molecule has 0 radical (unpaired) electrons. The van der Waals surface area contributed by atoms with Crippen molar-refractivity contribution in [3.05, 3.63) is 35.4 Å². The molecule has 1 atom stereocenters. The molecule has 0 amide bonds. The van der Waals surface area contributed by atoms with Crippen molar-refractivity contribution in [2.45, 2.75) is 19.8 Å². The monoisotopic (exact) mass is 160 g/mol. The molecule has 62 valence electrons. The number of ketones is 1. The number of Topliss-reactive ketones (excluding diaryl/α,β-unsaturated/α-hetero) is 1. The molecule has 1 aliphatic carbocycles. The Bertz CT molecular complexity index is 326. The molecule has 0 bridgehead atoms. The fourth-order valence-corrected chi connectivity index (χ4v) is 1.89. The molecule has 12 heavy (non-hydrogen) atoms. The zero-order valence-electron chi connectivity index (χ0n) is 7.37. The molecule has 0 aromatic heterocycles. The van der Waals surface area contributed by atoms with Crippen molar-refractivity contribution in [1.29, 1.82) is 0 Å². The maximum Gasteiger partial charge on any atom is 0.170 e. The predicted molar refractivity (Wildman–Crippen MR) is 48.4 cm³/mol. The fraction of sp³-hybridized carbons (Fsp3) is 0.364. The van der Waals surface area contributed by atoms with Gasteiger partial charge in [-0.1, -0.05) is 38.1 Å². The third kappa shape index (κ3) is 0.826. The number of benzene rings is 1. The number of fused-ring (bicyclic) bond motifs is 1. The van der Waals surface area contributed by atoms with E-state index >= 15 is 0 Å². The van der Waals surface area contributed by atoms with E-state index in [1.165, 1.54) is 5.56 Å². The van der Waals surface area contributed by atoms with Crippen LogP contribution in [0.5, 0.6) is 0 Å². The molecule has 2 rings (SSSR count). The molecule has 1 aromatic rings. The van der Waals surface area contributed by atoms with Gasteiger partial charge in [0.25, 0.3) is 0 Å². The molecule has 0 saturated heterocycles. The van der Waals surface area contributed by atoms with Crippen molar-refractivity contribution in [2.24, 2.45) is 5.92 Å². The van der Waals surface area contributed by atoms with Crippen molar-refractivity contribution < 1.29 is 4.79 Å². The summed E-state index contributed by atoms with van der Waals surface area (Å²) >= 11 is 0. The summed E-state index contributed by atoms with van der Waals surface area (Å²) in [5.41, 5.74) is 2.16. The quantitative estimate of drug-likeness (QED) is 0.617. The van der Waals surface area contributed by atoms with Crippen molar-refractivity contribution >= 4 is 5.78 Å². The number of carbonyl (C=O) groups is 1. The Morgan fingerprint density at radius 2 is 1.92 bits per heavy atom. The summed E-state index contributed by atoms with van der Waals surface area (Å²) < 4.78 is 0. The van der Waals surface area contributed by atoms with Gasteiger partial charge in [-0.25, -0.2) is 0 Å². The highest BCUT2D eigenvalue weighted by Gasteiger charge is 2.36. The molecule has 1 heteroatoms. The lowest BCUT2D eigenvalue weighted by molar-refractivity contribution is 0.0901. The predicted octanol–water partition coefficient (Wildman–Crippen LogP) is 2.62. The minimum atomic E-state index is 0.168. The lowest BCUT2D eigenvalue weighted by Gasteiger charge is -2.31. The number of carbonyl (C=O) groups excluding carboxylic acids is 1. The molecule has 1 nitrogen and oxygen atoms in total. The minimum Gasteiger partial charge on any atom is -0.293 e. The highest BCUT2D eigenvalue weighted by atomic mass is 16.1. The summed E-state index contributed by atoms with van der Waals surface area (Å²) in [6, 6.07) is 7.89. The molecule has 0 spiro atoms. The second-order valence-corrected chi connectivity index (χ2v) is 3.67. The molecular weight excluding hydrogens is 148 g/mol. The first-order chi connectivity index (χ1) is 5.72. The van der Waals surface area contributed by atoms with Crippen LogP contribution in [0.3, 0.4) is 0 Å². The average Bonchev–Trinajstić information content (AvgIpc) is 2.03. The van der Waals surface area contributed by atoms with Gasteiger partial charge in [-0.2, -0.15) is 0 Å². The molecule has 1 unspecified atom stereocenters. The van der Waals surface area contributed by atoms with Crippen LogP contribution in [0.25, 0.3) is 0 Å². The topological polar surface area (TPSA) is 17.1 Å². The van der Waals surface area contributed by atoms with E-state index in [1.54, 1.807) is 0 Å². The van der Waals surface area contributed by atoms with Gasteiger partial charge >= 0.3 is 0 Å². The Morgan fingerprint density at radius 3 is 2.58 bits per heavy atom. The Kier molecular flexibility index (Phi) is 1.53. The van der Waals surface area contributed by atoms with E-state index in [1.807, 2.05) is 18.2 Å². The van der Waals surface area contributed by atoms with Crippen LogP contribution < -0.4 is 0 Å². The lowest BCUT2D eigenvalue weighted by Crippen LogP contribution is -2.30. The third-order valence-corrected chi connectivity index (χ3v) is 2.51. The SMILES string of the molecule is CC(C)C1C(=O)c2ccccc21. The maximum absolute atomic E-state index is 11.5. The highest BCUT2D eigenvalue weighted by Crippen LogP contribution is 2.39. The Balaban J connectivity index is 2.44. The van der Waals surface area contributed by atoms with Gasteiger partial charge < -0.3 is 0 Å². The summed E-state index contributed by atoms with van der Waals surface area (Å²) in [7, 11) is 0. The summed E-state index contributed by atoms with van der Waals surface area (Å²) in [4.78, 5) is 11.5. The van der Waals surface area contributed by atoms with Crippen LogP contribution >= 0.6 is 0 Å². The zero-order valence-corrected chi connectivity index (χ0v) is 7.37. The van der Waals surface area contributed by atoms with E-state index in [4.69, 9.17) is 0 Å². The first-order valence-corrected chi connectivity index (χ1v) is 4.35. The first kappa shape index (κ1) is 7.53. The highest BCUT2D eigenvalue weighted by molar-refractivity contribution is 6.10. The Morgan fingerprint density at radius 1 is 1.25 bits per heavy atom. The average molecular weight is 160 g/mol. The third-order valence-electron chi connectivity index (χ3n) is 2.51. The normalized spacial score (nSPS) is 20.6. The van der Waals surface area contributed by atoms with E-state index in [0.29, 0.717) is 11.7 Å². The summed E-state index contributed by atoms with van der Waals surface area (Å²) in [6.07, 6.45) is 0. The standard InChI is InChI=1S/C11H12O/c1-7(2)10-8-5-3-4-6-9(8)11(10)12/h3-7,10H,1-2H3. The lowest BCUT2D eigenvalue weighted by atomic mass is 9.71. The molecule has 0 N–H and O–H groups in total. The largest absolute Gasteiger partial charge is 0.293 e. The van der Waals surface area contributed by atoms with Gasteiger partial charge in [0.05, 0.1) is 5.92 Å². The molecular formula is C11H12O. The van der Waals surface area contributed by atoms with Crippen LogP contribution in [0.1, 0.15) is 35.7 Å². The van der Waals surface area contributed by atoms with Crippen molar-refractivity contribution in [2.75, 3.05) is 0 Å². The van der Waals surface area contributed by atoms with Crippen LogP contribution in [-0.2, 0) is 0 Å². The van der Waals surface area contributed by atoms with Gasteiger partial charge in [0, 0.05) is 5.56 Å². The van der Waals surface area contributed by atoms with Crippen LogP contribution in [0.4, 0.5) is 0 Å². The van der Waals surface area contributed by atoms with Crippen LogP contribution in [0.2, 0.25) is 0 Å². The van der Waals surface area contributed by atoms with Gasteiger partial charge in [-0.3, -0.25) is 4.79 Å². The Hall–Kier alpha value is -1.11. The van der Waals surface area contributed by atoms with Gasteiger partial charge in [0.15, 0.2) is 5.78 Å². The van der Waals surface area contributed by atoms with Crippen LogP contribution in [0, 0.1) is 5.92 Å². The zero-order chi connectivity index (χ0) is 8.72. The molecule has 1 aromatic carbocycles. The Labute approximate surface area is 72.4 Å². The van der Waals surface area contributed by atoms with E-state index in [0.717, 1.165) is 5.56 Å². The molecule has 1 aliphatic rings. The molecule has 0 aliphatic heterocycles. The summed E-state index contributed by atoms with van der Waals surface area (Å²) in [5.74, 6) is 0.925. The second-order valence-electron chi connectivity index (χ2n) is 3.67. The smallest absolute Gasteiger partial charge is 0.170 e. The molecule has 0 heterocycles. The van der Waals surface area contributed by atoms with Crippen LogP contribution in [-0.4, -0.2) is 5.78 Å². The van der Waals surface area contributed by atoms with Crippen molar-refractivity contribution in [1.82, 2.24) is 0 Å². The number of hydrogen-bond acceptors (Lipinski definition) is 1. The molecule has 0 saturated carbocycles. The van der Waals surface area contributed by atoms with Crippen LogP contribution in [0.15, 0.2) is 24.3 Å². The van der Waals surface area contributed by atoms with E-state index in [9.17, 15) is 4.79 Å². The second kappa shape index (κ2) is 2.44. The number of hydrogen-bond donors (Lipinski definition) is 0. The van der Waals surface area contributed by atoms with Gasteiger partial charge in [0.2, 0.25) is 0 Å². The van der Waals surface area contributed by atoms with E-state index < -0.39 is 0 Å². The van der Waals surface area contributed by atoms with Gasteiger partial charge in [-0.15, -0.1) is 0 Å². The summed E-state index contributed by atoms with van der Waals surface area (Å²) in [5, 5.41) is 0. The first-order valence-electron chi connectivity index (χ1n) is 4.35.